The van der Waals surface area contributed by atoms with E-state index in [0.29, 0.717) is 21.9 Å². The maximum Gasteiger partial charge on any atom is 0.134 e. The summed E-state index contributed by atoms with van der Waals surface area (Å²) in [6.07, 6.45) is 0. The topological polar surface area (TPSA) is 38.9 Å². The van der Waals surface area contributed by atoms with E-state index >= 15 is 0 Å². The molecule has 0 atom stereocenters. The fourth-order valence-electron chi connectivity index (χ4n) is 2.05. The Balaban J connectivity index is 2.34. The van der Waals surface area contributed by atoms with Gasteiger partial charge < -0.3 is 5.73 Å². The maximum absolute atomic E-state index is 13.8. The van der Waals surface area contributed by atoms with Crippen LogP contribution in [0.2, 0.25) is 5.02 Å². The molecule has 2 nitrogen and oxygen atoms in total. The Bertz CT molecular complexity index is 757. The summed E-state index contributed by atoms with van der Waals surface area (Å²) in [5.74, 6) is -0.413. The predicted octanol–water partition coefficient (Wildman–Crippen LogP) is 4.28. The van der Waals surface area contributed by atoms with E-state index in [4.69, 9.17) is 17.3 Å². The molecule has 2 N–H and O–H groups in total. The molecule has 94 valence electrons. The zero-order valence-corrected chi connectivity index (χ0v) is 10.7. The number of halogens is 2. The van der Waals surface area contributed by atoms with Gasteiger partial charge >= 0.3 is 0 Å². The van der Waals surface area contributed by atoms with E-state index in [2.05, 4.69) is 4.98 Å². The van der Waals surface area contributed by atoms with Crippen LogP contribution in [-0.2, 0) is 0 Å². The van der Waals surface area contributed by atoms with Gasteiger partial charge in [-0.3, -0.25) is 0 Å². The lowest BCUT2D eigenvalue weighted by Gasteiger charge is -2.08. The zero-order chi connectivity index (χ0) is 13.4. The second kappa shape index (κ2) is 4.52. The van der Waals surface area contributed by atoms with Gasteiger partial charge in [0.2, 0.25) is 0 Å². The molecule has 1 aromatic heterocycles. The zero-order valence-electron chi connectivity index (χ0n) is 9.90. The molecule has 0 saturated carbocycles. The molecular formula is C15H10ClFN2. The van der Waals surface area contributed by atoms with Gasteiger partial charge in [-0.1, -0.05) is 41.9 Å². The number of fused-ring (bicyclic) bond motifs is 1. The number of nitrogens with zero attached hydrogens (tertiary/aromatic N) is 1. The lowest BCUT2D eigenvalue weighted by atomic mass is 10.1. The molecule has 0 saturated heterocycles. The van der Waals surface area contributed by atoms with Gasteiger partial charge in [-0.05, 0) is 18.2 Å². The summed E-state index contributed by atoms with van der Waals surface area (Å²) in [6.45, 7) is 0. The minimum absolute atomic E-state index is 0.271. The average Bonchev–Trinajstić information content (AvgIpc) is 2.43. The number of aromatic nitrogens is 1. The maximum atomic E-state index is 13.8. The van der Waals surface area contributed by atoms with Crippen molar-refractivity contribution in [3.8, 4) is 11.3 Å². The summed E-state index contributed by atoms with van der Waals surface area (Å²) < 4.78 is 13.8. The first-order valence-electron chi connectivity index (χ1n) is 5.76. The molecule has 0 fully saturated rings. The molecule has 0 aliphatic rings. The normalized spacial score (nSPS) is 10.8. The summed E-state index contributed by atoms with van der Waals surface area (Å²) in [5.41, 5.74) is 8.24. The number of anilines is 1. The molecule has 0 aliphatic carbocycles. The van der Waals surface area contributed by atoms with Crippen molar-refractivity contribution in [1.82, 2.24) is 4.98 Å². The Morgan fingerprint density at radius 1 is 1.05 bits per heavy atom. The van der Waals surface area contributed by atoms with E-state index in [-0.39, 0.29) is 5.39 Å². The molecule has 0 spiro atoms. The monoisotopic (exact) mass is 272 g/mol. The van der Waals surface area contributed by atoms with Crippen molar-refractivity contribution < 1.29 is 4.39 Å². The van der Waals surface area contributed by atoms with Crippen LogP contribution >= 0.6 is 11.6 Å². The van der Waals surface area contributed by atoms with Gasteiger partial charge in [0.15, 0.2) is 0 Å². The first kappa shape index (κ1) is 11.9. The smallest absolute Gasteiger partial charge is 0.134 e. The van der Waals surface area contributed by atoms with Gasteiger partial charge in [0.05, 0.1) is 21.6 Å². The van der Waals surface area contributed by atoms with Crippen LogP contribution in [0.15, 0.2) is 48.5 Å². The van der Waals surface area contributed by atoms with Crippen LogP contribution < -0.4 is 5.73 Å². The number of nitrogens with two attached hydrogens (primary N) is 1. The van der Waals surface area contributed by atoms with Crippen molar-refractivity contribution >= 4 is 28.2 Å². The first-order chi connectivity index (χ1) is 9.16. The van der Waals surface area contributed by atoms with E-state index in [1.165, 1.54) is 12.1 Å². The van der Waals surface area contributed by atoms with Crippen molar-refractivity contribution in [1.29, 1.82) is 0 Å². The molecule has 0 bridgehead atoms. The highest BCUT2D eigenvalue weighted by molar-refractivity contribution is 6.35. The summed E-state index contributed by atoms with van der Waals surface area (Å²) in [4.78, 5) is 4.41. The molecule has 19 heavy (non-hydrogen) atoms. The van der Waals surface area contributed by atoms with Crippen molar-refractivity contribution in [2.24, 2.45) is 0 Å². The Kier molecular flexibility index (Phi) is 2.84. The van der Waals surface area contributed by atoms with E-state index in [1.54, 1.807) is 6.07 Å². The van der Waals surface area contributed by atoms with E-state index < -0.39 is 5.82 Å². The van der Waals surface area contributed by atoms with Crippen LogP contribution in [0.1, 0.15) is 0 Å². The van der Waals surface area contributed by atoms with Gasteiger partial charge in [0.1, 0.15) is 5.82 Å². The number of hydrogen-bond donors (Lipinski definition) is 1. The van der Waals surface area contributed by atoms with Crippen LogP contribution in [0.5, 0.6) is 0 Å². The number of nitrogen functional groups attached to an aromatic ring is 1. The fourth-order valence-corrected chi connectivity index (χ4v) is 2.25. The van der Waals surface area contributed by atoms with Crippen LogP contribution in [-0.4, -0.2) is 4.98 Å². The first-order valence-corrected chi connectivity index (χ1v) is 6.14. The quantitative estimate of drug-likeness (QED) is 0.718. The predicted molar refractivity (Wildman–Crippen MR) is 76.6 cm³/mol. The lowest BCUT2D eigenvalue weighted by Crippen LogP contribution is -1.95. The Hall–Kier alpha value is -2.13. The Labute approximate surface area is 114 Å². The number of benzene rings is 2. The SMILES string of the molecule is Nc1cc(-c2ccccc2)nc2c(Cl)ccc(F)c12. The molecule has 0 aliphatic heterocycles. The van der Waals surface area contributed by atoms with Crippen LogP contribution in [0.25, 0.3) is 22.2 Å². The molecular weight excluding hydrogens is 263 g/mol. The number of rotatable bonds is 1. The highest BCUT2D eigenvalue weighted by Crippen LogP contribution is 2.32. The molecule has 1 heterocycles. The summed E-state index contributed by atoms with van der Waals surface area (Å²) >= 11 is 6.08. The van der Waals surface area contributed by atoms with Crippen molar-refractivity contribution in [3.05, 3.63) is 59.4 Å². The molecule has 3 rings (SSSR count). The van der Waals surface area contributed by atoms with E-state index in [1.807, 2.05) is 30.3 Å². The Morgan fingerprint density at radius 3 is 2.53 bits per heavy atom. The van der Waals surface area contributed by atoms with Crippen LogP contribution in [0.3, 0.4) is 0 Å². The van der Waals surface area contributed by atoms with Crippen molar-refractivity contribution in [2.75, 3.05) is 5.73 Å². The van der Waals surface area contributed by atoms with Crippen LogP contribution in [0.4, 0.5) is 10.1 Å². The highest BCUT2D eigenvalue weighted by Gasteiger charge is 2.12. The fraction of sp³-hybridized carbons (Fsp3) is 0. The third kappa shape index (κ3) is 2.02. The molecule has 4 heteroatoms. The van der Waals surface area contributed by atoms with Gasteiger partial charge in [-0.15, -0.1) is 0 Å². The third-order valence-electron chi connectivity index (χ3n) is 2.96. The lowest BCUT2D eigenvalue weighted by molar-refractivity contribution is 0.640. The van der Waals surface area contributed by atoms with Gasteiger partial charge in [0.25, 0.3) is 0 Å². The average molecular weight is 273 g/mol. The molecule has 3 aromatic rings. The largest absolute Gasteiger partial charge is 0.398 e. The summed E-state index contributed by atoms with van der Waals surface area (Å²) in [5, 5.41) is 0.660. The van der Waals surface area contributed by atoms with Gasteiger partial charge in [-0.25, -0.2) is 9.37 Å². The summed E-state index contributed by atoms with van der Waals surface area (Å²) in [6, 6.07) is 14.0. The Morgan fingerprint density at radius 2 is 1.79 bits per heavy atom. The molecule has 0 amide bonds. The molecule has 0 unspecified atom stereocenters. The second-order valence-corrected chi connectivity index (χ2v) is 4.62. The van der Waals surface area contributed by atoms with Gasteiger partial charge in [-0.2, -0.15) is 0 Å². The second-order valence-electron chi connectivity index (χ2n) is 4.22. The standard InChI is InChI=1S/C15H10ClFN2/c16-10-6-7-11(17)14-12(18)8-13(19-15(10)14)9-4-2-1-3-5-9/h1-8H,(H2,18,19). The molecule has 0 radical (unpaired) electrons. The minimum Gasteiger partial charge on any atom is -0.398 e. The number of hydrogen-bond acceptors (Lipinski definition) is 2. The highest BCUT2D eigenvalue weighted by atomic mass is 35.5. The van der Waals surface area contributed by atoms with Crippen molar-refractivity contribution in [2.45, 2.75) is 0 Å². The van der Waals surface area contributed by atoms with Crippen LogP contribution in [0, 0.1) is 5.82 Å². The third-order valence-corrected chi connectivity index (χ3v) is 3.27. The minimum atomic E-state index is -0.413. The summed E-state index contributed by atoms with van der Waals surface area (Å²) in [7, 11) is 0. The molecule has 2 aromatic carbocycles. The van der Waals surface area contributed by atoms with E-state index in [0.717, 1.165) is 5.56 Å². The van der Waals surface area contributed by atoms with Crippen molar-refractivity contribution in [3.63, 3.8) is 0 Å². The van der Waals surface area contributed by atoms with E-state index in [9.17, 15) is 4.39 Å². The number of pyridine rings is 1. The van der Waals surface area contributed by atoms with Gasteiger partial charge in [0, 0.05) is 11.3 Å².